The molecule has 0 unspecified atom stereocenters. The van der Waals surface area contributed by atoms with E-state index in [9.17, 15) is 4.79 Å². The van der Waals surface area contributed by atoms with Gasteiger partial charge in [-0.25, -0.2) is 0 Å². The fraction of sp³-hybridized carbons (Fsp3) is 0.769. The molecule has 3 atom stereocenters. The van der Waals surface area contributed by atoms with E-state index < -0.39 is 0 Å². The molecule has 2 rings (SSSR count). The Morgan fingerprint density at radius 2 is 2.14 bits per heavy atom. The SMILES string of the molecule is C[C@@H]1CCC[C@@]2(C)CC(=O)C=C[C@@]12C. The number of carbonyl (C=O) groups excluding carboxylic acids is 1. The van der Waals surface area contributed by atoms with Gasteiger partial charge in [-0.2, -0.15) is 0 Å². The van der Waals surface area contributed by atoms with Crippen molar-refractivity contribution in [2.75, 3.05) is 0 Å². The predicted molar refractivity (Wildman–Crippen MR) is 58.0 cm³/mol. The lowest BCUT2D eigenvalue weighted by Crippen LogP contribution is -2.47. The second-order valence-corrected chi connectivity index (χ2v) is 5.61. The molecular weight excluding hydrogens is 172 g/mol. The minimum atomic E-state index is 0.219. The van der Waals surface area contributed by atoms with Crippen LogP contribution in [0, 0.1) is 16.7 Å². The van der Waals surface area contributed by atoms with Crippen LogP contribution in [-0.4, -0.2) is 5.78 Å². The number of rotatable bonds is 0. The van der Waals surface area contributed by atoms with Gasteiger partial charge in [0.15, 0.2) is 5.78 Å². The Balaban J connectivity index is 2.42. The summed E-state index contributed by atoms with van der Waals surface area (Å²) in [6.07, 6.45) is 8.56. The summed E-state index contributed by atoms with van der Waals surface area (Å²) < 4.78 is 0. The summed E-state index contributed by atoms with van der Waals surface area (Å²) in [6.45, 7) is 6.96. The Bertz CT molecular complexity index is 292. The maximum Gasteiger partial charge on any atom is 0.155 e. The molecule has 78 valence electrons. The normalized spacial score (nSPS) is 47.6. The van der Waals surface area contributed by atoms with Gasteiger partial charge in [-0.3, -0.25) is 4.79 Å². The van der Waals surface area contributed by atoms with Crippen LogP contribution in [0.3, 0.4) is 0 Å². The molecule has 1 nitrogen and oxygen atoms in total. The molecule has 14 heavy (non-hydrogen) atoms. The predicted octanol–water partition coefficient (Wildman–Crippen LogP) is 3.35. The second kappa shape index (κ2) is 2.95. The smallest absolute Gasteiger partial charge is 0.155 e. The van der Waals surface area contributed by atoms with Gasteiger partial charge in [0.25, 0.3) is 0 Å². The lowest BCUT2D eigenvalue weighted by atomic mass is 9.50. The van der Waals surface area contributed by atoms with E-state index in [1.165, 1.54) is 19.3 Å². The first-order valence-corrected chi connectivity index (χ1v) is 5.70. The van der Waals surface area contributed by atoms with Gasteiger partial charge in [0.2, 0.25) is 0 Å². The van der Waals surface area contributed by atoms with Crippen molar-refractivity contribution in [3.8, 4) is 0 Å². The third kappa shape index (κ3) is 1.18. The van der Waals surface area contributed by atoms with Crippen molar-refractivity contribution in [1.82, 2.24) is 0 Å². The van der Waals surface area contributed by atoms with Crippen molar-refractivity contribution < 1.29 is 4.79 Å². The van der Waals surface area contributed by atoms with E-state index in [2.05, 4.69) is 26.8 Å². The van der Waals surface area contributed by atoms with Gasteiger partial charge >= 0.3 is 0 Å². The van der Waals surface area contributed by atoms with E-state index in [1.54, 1.807) is 0 Å². The van der Waals surface area contributed by atoms with E-state index in [4.69, 9.17) is 0 Å². The molecule has 0 heterocycles. The highest BCUT2D eigenvalue weighted by Crippen LogP contribution is 2.57. The standard InChI is InChI=1S/C13H20O/c1-10-5-4-7-12(2)9-11(14)6-8-13(10,12)3/h6,8,10H,4-5,7,9H2,1-3H3/t10-,12+,13+/m1/s1. The van der Waals surface area contributed by atoms with Gasteiger partial charge in [-0.15, -0.1) is 0 Å². The Labute approximate surface area is 86.6 Å². The Morgan fingerprint density at radius 1 is 1.43 bits per heavy atom. The molecule has 1 saturated carbocycles. The lowest BCUT2D eigenvalue weighted by molar-refractivity contribution is -0.122. The fourth-order valence-corrected chi connectivity index (χ4v) is 3.32. The molecule has 0 N–H and O–H groups in total. The highest BCUT2D eigenvalue weighted by molar-refractivity contribution is 5.91. The van der Waals surface area contributed by atoms with Gasteiger partial charge in [-0.1, -0.05) is 33.3 Å². The van der Waals surface area contributed by atoms with Crippen molar-refractivity contribution in [2.24, 2.45) is 16.7 Å². The van der Waals surface area contributed by atoms with Crippen LogP contribution in [0.2, 0.25) is 0 Å². The first-order valence-electron chi connectivity index (χ1n) is 5.70. The number of hydrogen-bond acceptors (Lipinski definition) is 1. The quantitative estimate of drug-likeness (QED) is 0.575. The Morgan fingerprint density at radius 3 is 2.86 bits per heavy atom. The van der Waals surface area contributed by atoms with E-state index >= 15 is 0 Å². The molecule has 2 aliphatic carbocycles. The van der Waals surface area contributed by atoms with Gasteiger partial charge < -0.3 is 0 Å². The summed E-state index contributed by atoms with van der Waals surface area (Å²) >= 11 is 0. The largest absolute Gasteiger partial charge is 0.295 e. The van der Waals surface area contributed by atoms with Crippen molar-refractivity contribution in [3.63, 3.8) is 0 Å². The molecule has 0 spiro atoms. The maximum atomic E-state index is 11.5. The van der Waals surface area contributed by atoms with Gasteiger partial charge in [0.05, 0.1) is 0 Å². The molecule has 0 aromatic rings. The zero-order valence-corrected chi connectivity index (χ0v) is 9.47. The third-order valence-corrected chi connectivity index (χ3v) is 4.87. The minimum absolute atomic E-state index is 0.219. The van der Waals surface area contributed by atoms with E-state index in [-0.39, 0.29) is 10.8 Å². The zero-order chi connectivity index (χ0) is 10.4. The molecule has 0 radical (unpaired) electrons. The van der Waals surface area contributed by atoms with Gasteiger partial charge in [-0.05, 0) is 35.7 Å². The van der Waals surface area contributed by atoms with Crippen LogP contribution < -0.4 is 0 Å². The fourth-order valence-electron chi connectivity index (χ4n) is 3.32. The Kier molecular flexibility index (Phi) is 2.09. The average molecular weight is 192 g/mol. The number of carbonyl (C=O) groups is 1. The highest BCUT2D eigenvalue weighted by Gasteiger charge is 2.50. The van der Waals surface area contributed by atoms with Crippen LogP contribution in [0.25, 0.3) is 0 Å². The van der Waals surface area contributed by atoms with Crippen molar-refractivity contribution in [2.45, 2.75) is 46.5 Å². The number of allylic oxidation sites excluding steroid dienone is 2. The third-order valence-electron chi connectivity index (χ3n) is 4.87. The molecule has 0 aromatic carbocycles. The number of hydrogen-bond donors (Lipinski definition) is 0. The summed E-state index contributed by atoms with van der Waals surface area (Å²) in [7, 11) is 0. The molecular formula is C13H20O. The first kappa shape index (κ1) is 9.95. The van der Waals surface area contributed by atoms with Crippen molar-refractivity contribution in [1.29, 1.82) is 0 Å². The summed E-state index contributed by atoms with van der Waals surface area (Å²) in [5, 5.41) is 0. The topological polar surface area (TPSA) is 17.1 Å². The zero-order valence-electron chi connectivity index (χ0n) is 9.47. The van der Waals surface area contributed by atoms with E-state index in [1.807, 2.05) is 6.08 Å². The lowest BCUT2D eigenvalue weighted by Gasteiger charge is -2.54. The average Bonchev–Trinajstić information content (AvgIpc) is 2.10. The van der Waals surface area contributed by atoms with Crippen LogP contribution >= 0.6 is 0 Å². The maximum absolute atomic E-state index is 11.5. The molecule has 1 heteroatoms. The van der Waals surface area contributed by atoms with E-state index in [0.717, 1.165) is 6.42 Å². The van der Waals surface area contributed by atoms with Crippen LogP contribution in [-0.2, 0) is 4.79 Å². The van der Waals surface area contributed by atoms with Crippen molar-refractivity contribution >= 4 is 5.78 Å². The molecule has 1 fully saturated rings. The molecule has 0 aliphatic heterocycles. The molecule has 0 saturated heterocycles. The highest BCUT2D eigenvalue weighted by atomic mass is 16.1. The van der Waals surface area contributed by atoms with Crippen LogP contribution in [0.1, 0.15) is 46.5 Å². The van der Waals surface area contributed by atoms with Crippen molar-refractivity contribution in [3.05, 3.63) is 12.2 Å². The monoisotopic (exact) mass is 192 g/mol. The Hall–Kier alpha value is -0.590. The van der Waals surface area contributed by atoms with E-state index in [0.29, 0.717) is 11.7 Å². The van der Waals surface area contributed by atoms with Gasteiger partial charge in [0, 0.05) is 6.42 Å². The van der Waals surface area contributed by atoms with Crippen LogP contribution in [0.15, 0.2) is 12.2 Å². The summed E-state index contributed by atoms with van der Waals surface area (Å²) in [5.74, 6) is 1.03. The summed E-state index contributed by atoms with van der Waals surface area (Å²) in [6, 6.07) is 0. The van der Waals surface area contributed by atoms with Crippen LogP contribution in [0.5, 0.6) is 0 Å². The molecule has 0 aromatic heterocycles. The molecule has 0 amide bonds. The second-order valence-electron chi connectivity index (χ2n) is 5.61. The number of fused-ring (bicyclic) bond motifs is 1. The molecule has 2 aliphatic rings. The summed E-state index contributed by atoms with van der Waals surface area (Å²) in [4.78, 5) is 11.5. The first-order chi connectivity index (χ1) is 6.48. The molecule has 0 bridgehead atoms. The number of ketones is 1. The minimum Gasteiger partial charge on any atom is -0.295 e. The van der Waals surface area contributed by atoms with Gasteiger partial charge in [0.1, 0.15) is 0 Å². The summed E-state index contributed by atoms with van der Waals surface area (Å²) in [5.41, 5.74) is 0.468. The van der Waals surface area contributed by atoms with Crippen LogP contribution in [0.4, 0.5) is 0 Å².